The monoisotopic (exact) mass is 372 g/mol. The number of benzene rings is 2. The standard InChI is InChI=1S/C13H9IO5/c1-7(15)10-6-8-4-2-3-5-9(8)11(13(16)17)12(10)14(18)19/h2-6H,1H3,(H,16,17). The molecule has 0 aliphatic carbocycles. The number of hydrogen-bond donors (Lipinski definition) is 1. The maximum Gasteiger partial charge on any atom is 0.342 e. The van der Waals surface area contributed by atoms with Crippen molar-refractivity contribution in [2.45, 2.75) is 6.92 Å². The van der Waals surface area contributed by atoms with Crippen LogP contribution in [-0.2, 0) is 6.14 Å². The molecule has 5 nitrogen and oxygen atoms in total. The Balaban J connectivity index is 3.09. The van der Waals surface area contributed by atoms with Crippen molar-refractivity contribution < 1.29 is 20.8 Å². The lowest BCUT2D eigenvalue weighted by atomic mass is 9.99. The van der Waals surface area contributed by atoms with E-state index in [1.165, 1.54) is 19.1 Å². The topological polar surface area (TPSA) is 88.5 Å². The molecule has 2 aromatic rings. The lowest BCUT2D eigenvalue weighted by Gasteiger charge is -2.08. The highest BCUT2D eigenvalue weighted by molar-refractivity contribution is 14.2. The van der Waals surface area contributed by atoms with Crippen LogP contribution in [0.4, 0.5) is 0 Å². The number of aromatic carboxylic acids is 1. The lowest BCUT2D eigenvalue weighted by Crippen LogP contribution is -2.07. The van der Waals surface area contributed by atoms with Gasteiger partial charge >= 0.3 is 25.8 Å². The Labute approximate surface area is 115 Å². The maximum atomic E-state index is 11.5. The van der Waals surface area contributed by atoms with Crippen LogP contribution >= 0.6 is 19.8 Å². The van der Waals surface area contributed by atoms with Crippen molar-refractivity contribution in [3.8, 4) is 0 Å². The average Bonchev–Trinajstić information content (AvgIpc) is 2.35. The predicted molar refractivity (Wildman–Crippen MR) is 75.0 cm³/mol. The zero-order chi connectivity index (χ0) is 14.2. The van der Waals surface area contributed by atoms with E-state index in [0.717, 1.165) is 0 Å². The molecule has 0 heterocycles. The van der Waals surface area contributed by atoms with E-state index in [1.54, 1.807) is 18.2 Å². The largest absolute Gasteiger partial charge is 0.478 e. The number of halogens is 1. The Hall–Kier alpha value is -1.83. The Morgan fingerprint density at radius 1 is 1.16 bits per heavy atom. The normalized spacial score (nSPS) is 10.8. The fraction of sp³-hybridized carbons (Fsp3) is 0.0769. The summed E-state index contributed by atoms with van der Waals surface area (Å²) >= 11 is -4.11. The smallest absolute Gasteiger partial charge is 0.342 e. The molecule has 0 aliphatic rings. The molecule has 0 spiro atoms. The number of carboxylic acid groups (broad SMARTS) is 1. The number of rotatable bonds is 3. The van der Waals surface area contributed by atoms with Crippen LogP contribution in [0.25, 0.3) is 10.8 Å². The van der Waals surface area contributed by atoms with Crippen LogP contribution in [0.3, 0.4) is 0 Å². The van der Waals surface area contributed by atoms with Crippen molar-refractivity contribution in [2.24, 2.45) is 0 Å². The van der Waals surface area contributed by atoms with Gasteiger partial charge in [-0.15, -0.1) is 0 Å². The first-order valence-corrected chi connectivity index (χ1v) is 8.12. The summed E-state index contributed by atoms with van der Waals surface area (Å²) in [5, 5.41) is 10.1. The first-order valence-electron chi connectivity index (χ1n) is 5.28. The van der Waals surface area contributed by atoms with Gasteiger partial charge in [0.2, 0.25) is 0 Å². The highest BCUT2D eigenvalue weighted by atomic mass is 127. The Morgan fingerprint density at radius 3 is 2.32 bits per heavy atom. The van der Waals surface area contributed by atoms with Gasteiger partial charge in [-0.25, -0.2) is 10.9 Å². The summed E-state index contributed by atoms with van der Waals surface area (Å²) in [4.78, 5) is 22.9. The second-order valence-electron chi connectivity index (χ2n) is 3.91. The van der Waals surface area contributed by atoms with E-state index in [4.69, 9.17) is 0 Å². The van der Waals surface area contributed by atoms with E-state index in [0.29, 0.717) is 10.8 Å². The van der Waals surface area contributed by atoms with Crippen LogP contribution in [0, 0.1) is 3.57 Å². The summed E-state index contributed by atoms with van der Waals surface area (Å²) in [5.74, 6) is -1.81. The quantitative estimate of drug-likeness (QED) is 0.661. The molecule has 0 unspecified atom stereocenters. The van der Waals surface area contributed by atoms with Gasteiger partial charge in [0, 0.05) is 5.56 Å². The van der Waals surface area contributed by atoms with Crippen LogP contribution in [0.1, 0.15) is 27.6 Å². The number of carbonyl (C=O) groups excluding carboxylic acids is 1. The zero-order valence-corrected chi connectivity index (χ0v) is 12.0. The summed E-state index contributed by atoms with van der Waals surface area (Å²) < 4.78 is 22.5. The molecule has 0 aliphatic heterocycles. The highest BCUT2D eigenvalue weighted by Crippen LogP contribution is 2.32. The van der Waals surface area contributed by atoms with E-state index in [1.807, 2.05) is 0 Å². The van der Waals surface area contributed by atoms with E-state index in [9.17, 15) is 20.8 Å². The molecule has 6 heteroatoms. The summed E-state index contributed by atoms with van der Waals surface area (Å²) in [6, 6.07) is 7.93. The summed E-state index contributed by atoms with van der Waals surface area (Å²) in [7, 11) is 0. The Morgan fingerprint density at radius 2 is 1.79 bits per heavy atom. The molecule has 19 heavy (non-hydrogen) atoms. The number of Topliss-reactive ketones (excluding diaryl/α,β-unsaturated/α-hetero) is 1. The number of ketones is 1. The minimum atomic E-state index is -4.11. The van der Waals surface area contributed by atoms with Gasteiger partial charge in [-0.1, -0.05) is 24.3 Å². The fourth-order valence-electron chi connectivity index (χ4n) is 1.95. The van der Waals surface area contributed by atoms with Crippen molar-refractivity contribution in [1.29, 1.82) is 0 Å². The highest BCUT2D eigenvalue weighted by Gasteiger charge is 2.24. The third kappa shape index (κ3) is 2.35. The Kier molecular flexibility index (Phi) is 3.61. The van der Waals surface area contributed by atoms with Crippen LogP contribution < -0.4 is 0 Å². The van der Waals surface area contributed by atoms with Gasteiger partial charge in [0.25, 0.3) is 0 Å². The molecular formula is C13H9IO5. The van der Waals surface area contributed by atoms with Gasteiger partial charge in [-0.3, -0.25) is 4.79 Å². The lowest BCUT2D eigenvalue weighted by molar-refractivity contribution is 0.0698. The molecular weight excluding hydrogens is 363 g/mol. The Bertz CT molecular complexity index is 766. The molecule has 0 fully saturated rings. The summed E-state index contributed by atoms with van der Waals surface area (Å²) in [6.07, 6.45) is 0. The number of carboxylic acids is 1. The number of hydrogen-bond acceptors (Lipinski definition) is 4. The molecule has 0 amide bonds. The third-order valence-corrected chi connectivity index (χ3v) is 4.73. The summed E-state index contributed by atoms with van der Waals surface area (Å²) in [5.41, 5.74) is -0.357. The molecule has 0 saturated carbocycles. The fourth-order valence-corrected chi connectivity index (χ4v) is 3.92. The second-order valence-corrected chi connectivity index (χ2v) is 6.23. The number of fused-ring (bicyclic) bond motifs is 1. The van der Waals surface area contributed by atoms with Gasteiger partial charge in [0.1, 0.15) is 3.57 Å². The summed E-state index contributed by atoms with van der Waals surface area (Å²) in [6.45, 7) is 1.22. The van der Waals surface area contributed by atoms with Crippen LogP contribution in [0.2, 0.25) is 0 Å². The van der Waals surface area contributed by atoms with Gasteiger partial charge in [0.05, 0.1) is 5.56 Å². The van der Waals surface area contributed by atoms with E-state index < -0.39 is 31.5 Å². The molecule has 2 aromatic carbocycles. The van der Waals surface area contributed by atoms with Gasteiger partial charge in [-0.05, 0) is 23.8 Å². The van der Waals surface area contributed by atoms with E-state index in [2.05, 4.69) is 0 Å². The van der Waals surface area contributed by atoms with Crippen LogP contribution in [0.5, 0.6) is 0 Å². The van der Waals surface area contributed by atoms with E-state index >= 15 is 0 Å². The van der Waals surface area contributed by atoms with E-state index in [-0.39, 0.29) is 14.7 Å². The first kappa shape index (κ1) is 13.6. The molecule has 98 valence electrons. The van der Waals surface area contributed by atoms with Crippen molar-refractivity contribution in [2.75, 3.05) is 0 Å². The average molecular weight is 372 g/mol. The minimum Gasteiger partial charge on any atom is -0.478 e. The third-order valence-electron chi connectivity index (χ3n) is 2.73. The molecule has 0 aromatic heterocycles. The van der Waals surface area contributed by atoms with Crippen LogP contribution in [-0.4, -0.2) is 16.9 Å². The van der Waals surface area contributed by atoms with Crippen molar-refractivity contribution >= 4 is 42.3 Å². The molecule has 0 saturated heterocycles. The molecule has 1 N–H and O–H groups in total. The van der Waals surface area contributed by atoms with Crippen molar-refractivity contribution in [3.05, 3.63) is 45.0 Å². The minimum absolute atomic E-state index is 0.0497. The van der Waals surface area contributed by atoms with Gasteiger partial charge in [0.15, 0.2) is 5.78 Å². The SMILES string of the molecule is CC(=O)c1cc2ccccc2c(C(=O)O)c1I(=O)=O. The predicted octanol–water partition coefficient (Wildman–Crippen LogP) is 3.11. The molecule has 2 rings (SSSR count). The first-order chi connectivity index (χ1) is 8.93. The number of carbonyl (C=O) groups is 2. The molecule has 0 radical (unpaired) electrons. The van der Waals surface area contributed by atoms with Gasteiger partial charge in [-0.2, -0.15) is 0 Å². The van der Waals surface area contributed by atoms with Crippen molar-refractivity contribution in [1.82, 2.24) is 0 Å². The van der Waals surface area contributed by atoms with Crippen LogP contribution in [0.15, 0.2) is 30.3 Å². The molecule has 0 bridgehead atoms. The maximum absolute atomic E-state index is 11.5. The van der Waals surface area contributed by atoms with Crippen molar-refractivity contribution in [3.63, 3.8) is 0 Å². The second kappa shape index (κ2) is 5.04. The molecule has 0 atom stereocenters. The van der Waals surface area contributed by atoms with Gasteiger partial charge < -0.3 is 5.11 Å². The zero-order valence-electron chi connectivity index (χ0n) is 9.84.